The molecule has 1 saturated carbocycles. The largest absolute Gasteiger partial charge is 0.349 e. The molecule has 4 aromatic rings. The third-order valence-electron chi connectivity index (χ3n) is 7.01. The van der Waals surface area contributed by atoms with E-state index < -0.39 is 0 Å². The molecule has 0 bridgehead atoms. The quantitative estimate of drug-likeness (QED) is 0.438. The molecule has 4 aromatic heterocycles. The van der Waals surface area contributed by atoms with Crippen molar-refractivity contribution in [2.75, 3.05) is 18.0 Å². The number of hydrogen-bond donors (Lipinski definition) is 0. The molecular weight excluding hydrogens is 454 g/mol. The summed E-state index contributed by atoms with van der Waals surface area (Å²) in [4.78, 5) is 39.4. The monoisotopic (exact) mass is 479 g/mol. The van der Waals surface area contributed by atoms with E-state index in [1.165, 1.54) is 5.56 Å². The second-order valence-corrected chi connectivity index (χ2v) is 9.52. The molecule has 6 rings (SSSR count). The number of carbonyl (C=O) groups excluding carboxylic acids is 1. The number of hydrogen-bond acceptors (Lipinski definition) is 8. The van der Waals surface area contributed by atoms with E-state index >= 15 is 0 Å². The Kier molecular flexibility index (Phi) is 5.33. The zero-order valence-electron chi connectivity index (χ0n) is 20.1. The van der Waals surface area contributed by atoms with Crippen molar-refractivity contribution in [2.45, 2.75) is 44.7 Å². The lowest BCUT2D eigenvalue weighted by Gasteiger charge is -2.44. The molecule has 0 unspecified atom stereocenters. The number of fused-ring (bicyclic) bond motifs is 1. The van der Waals surface area contributed by atoms with Gasteiger partial charge in [0.2, 0.25) is 5.82 Å². The number of amides is 1. The lowest BCUT2D eigenvalue weighted by molar-refractivity contribution is 0.0631. The van der Waals surface area contributed by atoms with Crippen molar-refractivity contribution in [3.63, 3.8) is 0 Å². The van der Waals surface area contributed by atoms with E-state index in [-0.39, 0.29) is 23.8 Å². The number of piperazine rings is 1. The molecule has 0 N–H and O–H groups in total. The third-order valence-corrected chi connectivity index (χ3v) is 7.01. The van der Waals surface area contributed by atoms with E-state index in [1.807, 2.05) is 16.4 Å². The predicted octanol–water partition coefficient (Wildman–Crippen LogP) is 3.09. The minimum Gasteiger partial charge on any atom is -0.349 e. The molecule has 0 radical (unpaired) electrons. The van der Waals surface area contributed by atoms with E-state index in [2.05, 4.69) is 44.0 Å². The van der Waals surface area contributed by atoms with Crippen LogP contribution >= 0.6 is 0 Å². The van der Waals surface area contributed by atoms with E-state index in [0.29, 0.717) is 30.4 Å². The zero-order valence-corrected chi connectivity index (χ0v) is 20.1. The highest BCUT2D eigenvalue weighted by Gasteiger charge is 2.37. The highest BCUT2D eigenvalue weighted by molar-refractivity contribution is 5.94. The summed E-state index contributed by atoms with van der Waals surface area (Å²) in [6, 6.07) is 7.35. The number of anilines is 1. The smallest absolute Gasteiger partial charge is 0.292 e. The van der Waals surface area contributed by atoms with Gasteiger partial charge in [-0.05, 0) is 56.4 Å². The van der Waals surface area contributed by atoms with Crippen LogP contribution < -0.4 is 4.90 Å². The van der Waals surface area contributed by atoms with Gasteiger partial charge in [0, 0.05) is 50.0 Å². The Labute approximate surface area is 208 Å². The van der Waals surface area contributed by atoms with E-state index in [1.54, 1.807) is 43.1 Å². The van der Waals surface area contributed by atoms with Crippen LogP contribution in [0.2, 0.25) is 0 Å². The summed E-state index contributed by atoms with van der Waals surface area (Å²) < 4.78 is 1.97. The second-order valence-electron chi connectivity index (χ2n) is 9.52. The lowest BCUT2D eigenvalue weighted by Crippen LogP contribution is -2.58. The van der Waals surface area contributed by atoms with Gasteiger partial charge >= 0.3 is 0 Å². The first-order chi connectivity index (χ1) is 17.5. The standard InChI is InChI=1S/C26H25N9O/c1-16-13-34(26(36)23-29-7-3-8-30-23)17(2)12-33(16)24-22-20(19-4-5-19)14-35(25(22)32-15-31-24)21-10-18(11-27)6-9-28-21/h3,6-10,14-17,19H,4-5,12-13H2,1-2H3/t16-,17+/m0/s1. The fourth-order valence-electron chi connectivity index (χ4n) is 5.03. The summed E-state index contributed by atoms with van der Waals surface area (Å²) >= 11 is 0. The second kappa shape index (κ2) is 8.68. The summed E-state index contributed by atoms with van der Waals surface area (Å²) in [7, 11) is 0. The molecule has 1 aliphatic heterocycles. The first-order valence-electron chi connectivity index (χ1n) is 12.1. The van der Waals surface area contributed by atoms with Crippen molar-refractivity contribution >= 4 is 22.8 Å². The van der Waals surface area contributed by atoms with Crippen LogP contribution in [-0.4, -0.2) is 65.5 Å². The van der Waals surface area contributed by atoms with Gasteiger partial charge in [0.15, 0.2) is 5.65 Å². The maximum Gasteiger partial charge on any atom is 0.292 e. The predicted molar refractivity (Wildman–Crippen MR) is 133 cm³/mol. The van der Waals surface area contributed by atoms with Crippen molar-refractivity contribution in [3.8, 4) is 11.9 Å². The van der Waals surface area contributed by atoms with Crippen LogP contribution in [0.25, 0.3) is 16.9 Å². The van der Waals surface area contributed by atoms with Crippen LogP contribution in [0.3, 0.4) is 0 Å². The molecule has 2 aliphatic rings. The molecule has 10 nitrogen and oxygen atoms in total. The Balaban J connectivity index is 1.39. The van der Waals surface area contributed by atoms with Crippen LogP contribution in [-0.2, 0) is 0 Å². The lowest BCUT2D eigenvalue weighted by atomic mass is 10.1. The van der Waals surface area contributed by atoms with Crippen molar-refractivity contribution in [1.82, 2.24) is 34.4 Å². The fourth-order valence-corrected chi connectivity index (χ4v) is 5.03. The molecule has 5 heterocycles. The van der Waals surface area contributed by atoms with Crippen molar-refractivity contribution in [2.24, 2.45) is 0 Å². The minimum atomic E-state index is -0.157. The van der Waals surface area contributed by atoms with Crippen LogP contribution in [0.5, 0.6) is 0 Å². The maximum atomic E-state index is 13.1. The number of carbonyl (C=O) groups is 1. The summed E-state index contributed by atoms with van der Waals surface area (Å²) in [5, 5.41) is 10.4. The average Bonchev–Trinajstić information content (AvgIpc) is 3.69. The van der Waals surface area contributed by atoms with Gasteiger partial charge in [-0.2, -0.15) is 5.26 Å². The molecule has 1 saturated heterocycles. The molecule has 1 amide bonds. The number of rotatable bonds is 4. The number of pyridine rings is 1. The SMILES string of the molecule is C[C@@H]1CN(c2ncnc3c2c(C2CC2)cn3-c2cc(C#N)ccn2)[C@@H](C)CN1C(=O)c1ncccn1. The van der Waals surface area contributed by atoms with Crippen LogP contribution in [0.15, 0.2) is 49.3 Å². The van der Waals surface area contributed by atoms with Crippen molar-refractivity contribution < 1.29 is 4.79 Å². The molecule has 0 aromatic carbocycles. The van der Waals surface area contributed by atoms with E-state index in [4.69, 9.17) is 4.98 Å². The first kappa shape index (κ1) is 22.1. The molecule has 0 spiro atoms. The van der Waals surface area contributed by atoms with Gasteiger partial charge in [0.1, 0.15) is 18.0 Å². The maximum absolute atomic E-state index is 13.1. The minimum absolute atomic E-state index is 0.0300. The van der Waals surface area contributed by atoms with Gasteiger partial charge in [-0.3, -0.25) is 9.36 Å². The van der Waals surface area contributed by atoms with Gasteiger partial charge in [0.05, 0.1) is 17.0 Å². The third kappa shape index (κ3) is 3.73. The number of aromatic nitrogens is 6. The Morgan fingerprint density at radius 1 is 1.03 bits per heavy atom. The Morgan fingerprint density at radius 3 is 2.58 bits per heavy atom. The summed E-state index contributed by atoms with van der Waals surface area (Å²) in [5.74, 6) is 2.06. The molecule has 1 aliphatic carbocycles. The van der Waals surface area contributed by atoms with E-state index in [0.717, 1.165) is 29.7 Å². The normalized spacial score (nSPS) is 19.9. The highest BCUT2D eigenvalue weighted by Crippen LogP contribution is 2.46. The van der Waals surface area contributed by atoms with E-state index in [9.17, 15) is 10.1 Å². The Bertz CT molecular complexity index is 1490. The van der Waals surface area contributed by atoms with Gasteiger partial charge in [0.25, 0.3) is 5.91 Å². The van der Waals surface area contributed by atoms with Gasteiger partial charge in [-0.25, -0.2) is 24.9 Å². The first-order valence-corrected chi connectivity index (χ1v) is 12.1. The van der Waals surface area contributed by atoms with Crippen LogP contribution in [0, 0.1) is 11.3 Å². The van der Waals surface area contributed by atoms with Gasteiger partial charge < -0.3 is 9.80 Å². The van der Waals surface area contributed by atoms with Crippen LogP contribution in [0.4, 0.5) is 5.82 Å². The van der Waals surface area contributed by atoms with Crippen molar-refractivity contribution in [1.29, 1.82) is 5.26 Å². The zero-order chi connectivity index (χ0) is 24.8. The molecule has 2 fully saturated rings. The number of nitriles is 1. The summed E-state index contributed by atoms with van der Waals surface area (Å²) in [5.41, 5.74) is 2.54. The molecular formula is C26H25N9O. The average molecular weight is 480 g/mol. The molecule has 10 heteroatoms. The highest BCUT2D eigenvalue weighted by atomic mass is 16.2. The van der Waals surface area contributed by atoms with Crippen molar-refractivity contribution in [3.05, 3.63) is 66.3 Å². The van der Waals surface area contributed by atoms with Gasteiger partial charge in [-0.1, -0.05) is 0 Å². The molecule has 36 heavy (non-hydrogen) atoms. The topological polar surface area (TPSA) is 117 Å². The van der Waals surface area contributed by atoms with Gasteiger partial charge in [-0.15, -0.1) is 0 Å². The number of nitrogens with zero attached hydrogens (tertiary/aromatic N) is 9. The Hall–Kier alpha value is -4.39. The fraction of sp³-hybridized carbons (Fsp3) is 0.346. The molecule has 2 atom stereocenters. The Morgan fingerprint density at radius 2 is 1.83 bits per heavy atom. The molecule has 180 valence electrons. The summed E-state index contributed by atoms with van der Waals surface area (Å²) in [6.07, 6.45) is 10.8. The summed E-state index contributed by atoms with van der Waals surface area (Å²) in [6.45, 7) is 5.32. The van der Waals surface area contributed by atoms with Crippen LogP contribution in [0.1, 0.15) is 54.4 Å².